The monoisotopic (exact) mass is 370 g/mol. The third-order valence-corrected chi connectivity index (χ3v) is 6.06. The van der Waals surface area contributed by atoms with Gasteiger partial charge < -0.3 is 19.7 Å². The highest BCUT2D eigenvalue weighted by atomic mass is 16.5. The number of aliphatic carboxylic acids is 1. The molecule has 0 bridgehead atoms. The summed E-state index contributed by atoms with van der Waals surface area (Å²) in [5.74, 6) is -0.714. The van der Waals surface area contributed by atoms with Crippen molar-refractivity contribution in [2.45, 2.75) is 38.2 Å². The van der Waals surface area contributed by atoms with E-state index < -0.39 is 5.97 Å². The molecule has 0 saturated carbocycles. The number of ether oxygens (including phenoxy) is 1. The van der Waals surface area contributed by atoms with Crippen LogP contribution in [0.1, 0.15) is 31.2 Å². The first kappa shape index (κ1) is 18.0. The molecule has 27 heavy (non-hydrogen) atoms. The summed E-state index contributed by atoms with van der Waals surface area (Å²) in [5, 5.41) is 10.5. The molecule has 1 amide bonds. The lowest BCUT2D eigenvalue weighted by atomic mass is 9.84. The molecule has 0 aliphatic carbocycles. The maximum absolute atomic E-state index is 12.6. The van der Waals surface area contributed by atoms with Crippen molar-refractivity contribution in [3.8, 4) is 0 Å². The van der Waals surface area contributed by atoms with Crippen molar-refractivity contribution in [3.63, 3.8) is 0 Å². The number of piperidine rings is 1. The van der Waals surface area contributed by atoms with E-state index in [0.29, 0.717) is 32.5 Å². The summed E-state index contributed by atoms with van der Waals surface area (Å²) in [6.45, 7) is 1.94. The van der Waals surface area contributed by atoms with Gasteiger partial charge in [0.2, 0.25) is 5.91 Å². The van der Waals surface area contributed by atoms with E-state index in [1.54, 1.807) is 0 Å². The number of H-pyrrole nitrogens is 1. The van der Waals surface area contributed by atoms with Crippen LogP contribution in [0.3, 0.4) is 0 Å². The number of amides is 1. The molecule has 1 aromatic heterocycles. The van der Waals surface area contributed by atoms with Crippen LogP contribution in [0.5, 0.6) is 0 Å². The van der Waals surface area contributed by atoms with E-state index in [1.807, 2.05) is 17.2 Å². The van der Waals surface area contributed by atoms with E-state index in [1.165, 1.54) is 10.9 Å². The summed E-state index contributed by atoms with van der Waals surface area (Å²) >= 11 is 0. The first-order valence-electron chi connectivity index (χ1n) is 9.80. The number of aryl methyl sites for hydroxylation is 1. The number of carbonyl (C=O) groups excluding carboxylic acids is 1. The van der Waals surface area contributed by atoms with E-state index in [-0.39, 0.29) is 23.8 Å². The Morgan fingerprint density at radius 2 is 2.00 bits per heavy atom. The molecule has 2 atom stereocenters. The van der Waals surface area contributed by atoms with E-state index in [9.17, 15) is 14.7 Å². The standard InChI is InChI=1S/C21H26N2O4/c24-19(4-2-14-1-3-18-16(13-14)5-9-22-18)23-10-6-15(7-11-23)20-17(21(25)26)8-12-27-20/h1,3,5,9,13,15,17,20,22H,2,4,6-8,10-12H2,(H,25,26)/t17?,20-/m0/s1. The zero-order valence-electron chi connectivity index (χ0n) is 15.4. The summed E-state index contributed by atoms with van der Waals surface area (Å²) in [6.07, 6.45) is 5.25. The molecule has 0 spiro atoms. The molecule has 6 heteroatoms. The molecule has 2 fully saturated rings. The van der Waals surface area contributed by atoms with Gasteiger partial charge in [0.15, 0.2) is 0 Å². The number of rotatable bonds is 5. The lowest BCUT2D eigenvalue weighted by molar-refractivity contribution is -0.146. The molecule has 2 aliphatic rings. The van der Waals surface area contributed by atoms with Gasteiger partial charge in [0, 0.05) is 37.8 Å². The fraction of sp³-hybridized carbons (Fsp3) is 0.524. The number of aromatic nitrogens is 1. The Labute approximate surface area is 158 Å². The van der Waals surface area contributed by atoms with Crippen LogP contribution < -0.4 is 0 Å². The van der Waals surface area contributed by atoms with Gasteiger partial charge >= 0.3 is 5.97 Å². The van der Waals surface area contributed by atoms with E-state index in [2.05, 4.69) is 23.2 Å². The van der Waals surface area contributed by atoms with Gasteiger partial charge in [-0.1, -0.05) is 6.07 Å². The normalized spacial score (nSPS) is 23.8. The Balaban J connectivity index is 1.27. The lowest BCUT2D eigenvalue weighted by Crippen LogP contribution is -2.43. The molecule has 3 heterocycles. The van der Waals surface area contributed by atoms with Gasteiger partial charge in [-0.15, -0.1) is 0 Å². The first-order valence-corrected chi connectivity index (χ1v) is 9.80. The van der Waals surface area contributed by atoms with Crippen molar-refractivity contribution < 1.29 is 19.4 Å². The van der Waals surface area contributed by atoms with Crippen molar-refractivity contribution in [1.82, 2.24) is 9.88 Å². The SMILES string of the molecule is O=C(O)C1CCO[C@H]1C1CCN(C(=O)CCc2ccc3[nH]ccc3c2)CC1. The zero-order chi connectivity index (χ0) is 18.8. The summed E-state index contributed by atoms with van der Waals surface area (Å²) < 4.78 is 5.71. The number of carbonyl (C=O) groups is 2. The number of hydrogen-bond acceptors (Lipinski definition) is 3. The first-order chi connectivity index (χ1) is 13.1. The minimum Gasteiger partial charge on any atom is -0.481 e. The summed E-state index contributed by atoms with van der Waals surface area (Å²) in [6, 6.07) is 8.30. The van der Waals surface area contributed by atoms with Crippen LogP contribution in [-0.2, 0) is 20.7 Å². The molecule has 1 unspecified atom stereocenters. The maximum Gasteiger partial charge on any atom is 0.309 e. The molecule has 1 aromatic carbocycles. The number of benzene rings is 1. The largest absolute Gasteiger partial charge is 0.481 e. The van der Waals surface area contributed by atoms with Crippen LogP contribution in [0.2, 0.25) is 0 Å². The Morgan fingerprint density at radius 3 is 2.78 bits per heavy atom. The highest BCUT2D eigenvalue weighted by Gasteiger charge is 2.40. The van der Waals surface area contributed by atoms with E-state index in [0.717, 1.165) is 24.8 Å². The maximum atomic E-state index is 12.6. The number of likely N-dealkylation sites (tertiary alicyclic amines) is 1. The average molecular weight is 370 g/mol. The topological polar surface area (TPSA) is 82.6 Å². The average Bonchev–Trinajstić information content (AvgIpc) is 3.35. The molecule has 144 valence electrons. The molecule has 2 N–H and O–H groups in total. The molecule has 2 saturated heterocycles. The summed E-state index contributed by atoms with van der Waals surface area (Å²) in [4.78, 5) is 29.1. The van der Waals surface area contributed by atoms with Gasteiger partial charge in [-0.25, -0.2) is 0 Å². The number of fused-ring (bicyclic) bond motifs is 1. The van der Waals surface area contributed by atoms with Crippen LogP contribution in [-0.4, -0.2) is 52.7 Å². The van der Waals surface area contributed by atoms with Crippen molar-refractivity contribution in [1.29, 1.82) is 0 Å². The second-order valence-corrected chi connectivity index (χ2v) is 7.69. The Bertz CT molecular complexity index is 822. The lowest BCUT2D eigenvalue weighted by Gasteiger charge is -2.35. The fourth-order valence-corrected chi connectivity index (χ4v) is 4.49. The van der Waals surface area contributed by atoms with Crippen LogP contribution in [0.4, 0.5) is 0 Å². The molecule has 0 radical (unpaired) electrons. The molecule has 4 rings (SSSR count). The van der Waals surface area contributed by atoms with Crippen molar-refractivity contribution in [2.24, 2.45) is 11.8 Å². The predicted molar refractivity (Wildman–Crippen MR) is 101 cm³/mol. The number of nitrogens with one attached hydrogen (secondary N) is 1. The third-order valence-electron chi connectivity index (χ3n) is 6.06. The number of hydrogen-bond donors (Lipinski definition) is 2. The zero-order valence-corrected chi connectivity index (χ0v) is 15.4. The molecular weight excluding hydrogens is 344 g/mol. The summed E-state index contributed by atoms with van der Waals surface area (Å²) in [5.41, 5.74) is 2.29. The van der Waals surface area contributed by atoms with Crippen molar-refractivity contribution in [2.75, 3.05) is 19.7 Å². The third kappa shape index (κ3) is 3.86. The molecule has 6 nitrogen and oxygen atoms in total. The Kier molecular flexibility index (Phi) is 5.16. The summed E-state index contributed by atoms with van der Waals surface area (Å²) in [7, 11) is 0. The smallest absolute Gasteiger partial charge is 0.309 e. The van der Waals surface area contributed by atoms with Gasteiger partial charge in [-0.05, 0) is 60.7 Å². The minimum atomic E-state index is -0.754. The van der Waals surface area contributed by atoms with Gasteiger partial charge in [0.1, 0.15) is 0 Å². The highest BCUT2D eigenvalue weighted by molar-refractivity contribution is 5.80. The Morgan fingerprint density at radius 1 is 1.19 bits per heavy atom. The number of nitrogens with zero attached hydrogens (tertiary/aromatic N) is 1. The second-order valence-electron chi connectivity index (χ2n) is 7.69. The van der Waals surface area contributed by atoms with Gasteiger partial charge in [-0.3, -0.25) is 9.59 Å². The molecule has 2 aromatic rings. The quantitative estimate of drug-likeness (QED) is 0.848. The number of carboxylic acid groups (broad SMARTS) is 1. The molecule has 2 aliphatic heterocycles. The van der Waals surface area contributed by atoms with Crippen LogP contribution in [0, 0.1) is 11.8 Å². The minimum absolute atomic E-state index is 0.185. The Hall–Kier alpha value is -2.34. The second kappa shape index (κ2) is 7.72. The van der Waals surface area contributed by atoms with Gasteiger partial charge in [0.25, 0.3) is 0 Å². The van der Waals surface area contributed by atoms with Gasteiger partial charge in [0.05, 0.1) is 12.0 Å². The van der Waals surface area contributed by atoms with Gasteiger partial charge in [-0.2, -0.15) is 0 Å². The van der Waals surface area contributed by atoms with Crippen LogP contribution in [0.15, 0.2) is 30.5 Å². The highest BCUT2D eigenvalue weighted by Crippen LogP contribution is 2.33. The van der Waals surface area contributed by atoms with Crippen LogP contribution in [0.25, 0.3) is 10.9 Å². The van der Waals surface area contributed by atoms with E-state index >= 15 is 0 Å². The fourth-order valence-electron chi connectivity index (χ4n) is 4.49. The number of aromatic amines is 1. The predicted octanol–water partition coefficient (Wildman–Crippen LogP) is 2.83. The van der Waals surface area contributed by atoms with Crippen LogP contribution >= 0.6 is 0 Å². The van der Waals surface area contributed by atoms with E-state index in [4.69, 9.17) is 4.74 Å². The number of carboxylic acids is 1. The van der Waals surface area contributed by atoms with Crippen molar-refractivity contribution in [3.05, 3.63) is 36.0 Å². The molecular formula is C21H26N2O4. The van der Waals surface area contributed by atoms with Crippen molar-refractivity contribution >= 4 is 22.8 Å².